The van der Waals surface area contributed by atoms with E-state index < -0.39 is 6.09 Å². The van der Waals surface area contributed by atoms with E-state index in [0.29, 0.717) is 0 Å². The molecule has 0 fully saturated rings. The van der Waals surface area contributed by atoms with Crippen molar-refractivity contribution in [1.82, 2.24) is 5.32 Å². The molecule has 1 aromatic rings. The van der Waals surface area contributed by atoms with Gasteiger partial charge in [0.25, 0.3) is 0 Å². The van der Waals surface area contributed by atoms with Crippen LogP contribution in [0, 0.1) is 0 Å². The molecule has 15 heavy (non-hydrogen) atoms. The van der Waals surface area contributed by atoms with Crippen molar-refractivity contribution >= 4 is 22.0 Å². The van der Waals surface area contributed by atoms with Gasteiger partial charge in [-0.3, -0.25) is 0 Å². The number of halogens is 1. The largest absolute Gasteiger partial charge is 0.465 e. The van der Waals surface area contributed by atoms with Crippen molar-refractivity contribution < 1.29 is 9.90 Å². The molecule has 0 saturated heterocycles. The van der Waals surface area contributed by atoms with E-state index in [-0.39, 0.29) is 6.04 Å². The van der Waals surface area contributed by atoms with Crippen molar-refractivity contribution in [3.8, 4) is 0 Å². The highest BCUT2D eigenvalue weighted by Gasteiger charge is 2.21. The van der Waals surface area contributed by atoms with E-state index in [2.05, 4.69) is 27.3 Å². The van der Waals surface area contributed by atoms with Crippen LogP contribution >= 0.6 is 15.9 Å². The molecule has 1 aromatic carbocycles. The maximum atomic E-state index is 10.6. The second-order valence-electron chi connectivity index (χ2n) is 3.74. The summed E-state index contributed by atoms with van der Waals surface area (Å²) in [6.07, 6.45) is 2.02. The van der Waals surface area contributed by atoms with Crippen molar-refractivity contribution in [1.29, 1.82) is 0 Å². The van der Waals surface area contributed by atoms with E-state index in [1.807, 2.05) is 12.1 Å². The molecule has 4 heteroatoms. The van der Waals surface area contributed by atoms with Gasteiger partial charge in [0.05, 0.1) is 6.04 Å². The van der Waals surface area contributed by atoms with Gasteiger partial charge in [-0.05, 0) is 42.5 Å². The first-order valence-corrected chi connectivity index (χ1v) is 5.74. The summed E-state index contributed by atoms with van der Waals surface area (Å²) in [7, 11) is 0. The normalized spacial score (nSPS) is 19.4. The summed E-state index contributed by atoms with van der Waals surface area (Å²) in [6.45, 7) is 0. The third kappa shape index (κ3) is 2.31. The average Bonchev–Trinajstić information content (AvgIpc) is 2.18. The Hall–Kier alpha value is -1.03. The fourth-order valence-electron chi connectivity index (χ4n) is 2.07. The Labute approximate surface area is 96.6 Å². The summed E-state index contributed by atoms with van der Waals surface area (Å²) >= 11 is 3.41. The van der Waals surface area contributed by atoms with Gasteiger partial charge in [-0.1, -0.05) is 22.0 Å². The highest BCUT2D eigenvalue weighted by molar-refractivity contribution is 9.10. The Morgan fingerprint density at radius 1 is 1.53 bits per heavy atom. The van der Waals surface area contributed by atoms with E-state index in [1.165, 1.54) is 5.56 Å². The van der Waals surface area contributed by atoms with Crippen LogP contribution in [0.1, 0.15) is 30.0 Å². The molecule has 1 atom stereocenters. The van der Waals surface area contributed by atoms with Crippen molar-refractivity contribution in [3.63, 3.8) is 0 Å². The lowest BCUT2D eigenvalue weighted by molar-refractivity contribution is 0.188. The van der Waals surface area contributed by atoms with Crippen molar-refractivity contribution in [3.05, 3.63) is 33.8 Å². The average molecular weight is 270 g/mol. The highest BCUT2D eigenvalue weighted by atomic mass is 79.9. The first-order chi connectivity index (χ1) is 7.16. The second-order valence-corrected chi connectivity index (χ2v) is 4.65. The Bertz CT molecular complexity index is 392. The van der Waals surface area contributed by atoms with Crippen LogP contribution in [0.3, 0.4) is 0 Å². The number of hydrogen-bond acceptors (Lipinski definition) is 1. The summed E-state index contributed by atoms with van der Waals surface area (Å²) in [4.78, 5) is 10.6. The predicted molar refractivity (Wildman–Crippen MR) is 61.0 cm³/mol. The highest BCUT2D eigenvalue weighted by Crippen LogP contribution is 2.31. The monoisotopic (exact) mass is 269 g/mol. The maximum absolute atomic E-state index is 10.6. The summed E-state index contributed by atoms with van der Waals surface area (Å²) in [6, 6.07) is 6.02. The second kappa shape index (κ2) is 4.23. The molecule has 0 heterocycles. The molecular weight excluding hydrogens is 258 g/mol. The van der Waals surface area contributed by atoms with Crippen LogP contribution in [0.5, 0.6) is 0 Å². The Kier molecular flexibility index (Phi) is 2.95. The molecule has 2 N–H and O–H groups in total. The molecule has 0 radical (unpaired) electrons. The minimum Gasteiger partial charge on any atom is -0.465 e. The van der Waals surface area contributed by atoms with Gasteiger partial charge in [-0.25, -0.2) is 4.79 Å². The van der Waals surface area contributed by atoms with Crippen molar-refractivity contribution in [2.24, 2.45) is 0 Å². The zero-order valence-corrected chi connectivity index (χ0v) is 9.75. The Morgan fingerprint density at radius 3 is 3.07 bits per heavy atom. The zero-order valence-electron chi connectivity index (χ0n) is 8.16. The summed E-state index contributed by atoms with van der Waals surface area (Å²) in [5.74, 6) is 0. The number of aryl methyl sites for hydroxylation is 1. The molecule has 2 rings (SSSR count). The quantitative estimate of drug-likeness (QED) is 0.823. The molecule has 3 nitrogen and oxygen atoms in total. The van der Waals surface area contributed by atoms with E-state index in [9.17, 15) is 4.79 Å². The van der Waals surface area contributed by atoms with Crippen LogP contribution in [0.2, 0.25) is 0 Å². The molecule has 1 aliphatic rings. The van der Waals surface area contributed by atoms with Gasteiger partial charge < -0.3 is 10.4 Å². The molecular formula is C11H12BrNO2. The first kappa shape index (κ1) is 10.5. The van der Waals surface area contributed by atoms with Crippen LogP contribution in [0.15, 0.2) is 22.7 Å². The smallest absolute Gasteiger partial charge is 0.405 e. The van der Waals surface area contributed by atoms with Gasteiger partial charge in [0.15, 0.2) is 0 Å². The van der Waals surface area contributed by atoms with Gasteiger partial charge in [0.2, 0.25) is 0 Å². The van der Waals surface area contributed by atoms with Gasteiger partial charge in [0.1, 0.15) is 0 Å². The van der Waals surface area contributed by atoms with Crippen LogP contribution < -0.4 is 5.32 Å². The zero-order chi connectivity index (χ0) is 10.8. The maximum Gasteiger partial charge on any atom is 0.405 e. The Morgan fingerprint density at radius 2 is 2.33 bits per heavy atom. The lowest BCUT2D eigenvalue weighted by atomic mass is 9.88. The van der Waals surface area contributed by atoms with Crippen molar-refractivity contribution in [2.45, 2.75) is 25.3 Å². The van der Waals surface area contributed by atoms with Crippen LogP contribution in [-0.2, 0) is 6.42 Å². The third-order valence-corrected chi connectivity index (χ3v) is 3.21. The van der Waals surface area contributed by atoms with Crippen LogP contribution in [0.25, 0.3) is 0 Å². The Balaban J connectivity index is 2.32. The number of fused-ring (bicyclic) bond motifs is 1. The third-order valence-electron chi connectivity index (χ3n) is 2.72. The number of hydrogen-bond donors (Lipinski definition) is 2. The molecule has 0 saturated carbocycles. The molecule has 0 aliphatic heterocycles. The van der Waals surface area contributed by atoms with Gasteiger partial charge in [0, 0.05) is 4.47 Å². The van der Waals surface area contributed by atoms with E-state index >= 15 is 0 Å². The fourth-order valence-corrected chi connectivity index (χ4v) is 2.45. The van der Waals surface area contributed by atoms with Crippen LogP contribution in [0.4, 0.5) is 4.79 Å². The number of benzene rings is 1. The fraction of sp³-hybridized carbons (Fsp3) is 0.364. The van der Waals surface area contributed by atoms with Gasteiger partial charge >= 0.3 is 6.09 Å². The molecule has 0 aromatic heterocycles. The minimum atomic E-state index is -0.951. The van der Waals surface area contributed by atoms with Crippen molar-refractivity contribution in [2.75, 3.05) is 0 Å². The molecule has 0 spiro atoms. The molecule has 1 amide bonds. The van der Waals surface area contributed by atoms with E-state index in [4.69, 9.17) is 5.11 Å². The number of amides is 1. The van der Waals surface area contributed by atoms with E-state index in [1.54, 1.807) is 0 Å². The standard InChI is InChI=1S/C11H12BrNO2/c12-8-5-4-7-2-1-3-10(9(7)6-8)13-11(14)15/h4-6,10,13H,1-3H2,(H,14,15). The molecule has 0 bridgehead atoms. The molecule has 1 aliphatic carbocycles. The van der Waals surface area contributed by atoms with Gasteiger partial charge in [-0.2, -0.15) is 0 Å². The SMILES string of the molecule is O=C(O)NC1CCCc2ccc(Br)cc21. The lowest BCUT2D eigenvalue weighted by Crippen LogP contribution is -2.29. The number of carboxylic acid groups (broad SMARTS) is 1. The van der Waals surface area contributed by atoms with E-state index in [0.717, 1.165) is 29.3 Å². The van der Waals surface area contributed by atoms with Gasteiger partial charge in [-0.15, -0.1) is 0 Å². The first-order valence-electron chi connectivity index (χ1n) is 4.94. The molecule has 1 unspecified atom stereocenters. The minimum absolute atomic E-state index is 0.0521. The number of rotatable bonds is 1. The predicted octanol–water partition coefficient (Wildman–Crippen LogP) is 3.09. The summed E-state index contributed by atoms with van der Waals surface area (Å²) in [5, 5.41) is 11.3. The molecule has 80 valence electrons. The summed E-state index contributed by atoms with van der Waals surface area (Å²) in [5.41, 5.74) is 2.36. The number of carbonyl (C=O) groups is 1. The van der Waals surface area contributed by atoms with Crippen LogP contribution in [-0.4, -0.2) is 11.2 Å². The lowest BCUT2D eigenvalue weighted by Gasteiger charge is -2.25. The number of nitrogens with one attached hydrogen (secondary N) is 1. The summed E-state index contributed by atoms with van der Waals surface area (Å²) < 4.78 is 1.00. The topological polar surface area (TPSA) is 49.3 Å².